The number of nitrogens with one attached hydrogen (secondary N) is 1. The number of carbonyl (C=O) groups excluding carboxylic acids is 1. The van der Waals surface area contributed by atoms with Gasteiger partial charge >= 0.3 is 5.97 Å². The number of carboxylic acids is 1. The molecular weight excluding hydrogens is 361 g/mol. The highest BCUT2D eigenvalue weighted by Gasteiger charge is 2.36. The van der Waals surface area contributed by atoms with Gasteiger partial charge in [-0.15, -0.1) is 0 Å². The minimum atomic E-state index is -1.63. The molecule has 2 rings (SSSR count). The smallest absolute Gasteiger partial charge is 0.333 e. The summed E-state index contributed by atoms with van der Waals surface area (Å²) in [4.78, 5) is 24.3. The van der Waals surface area contributed by atoms with Crippen LogP contribution in [0.15, 0.2) is 24.3 Å². The molecule has 28 heavy (non-hydrogen) atoms. The molecule has 0 aliphatic rings. The van der Waals surface area contributed by atoms with Crippen LogP contribution in [0.3, 0.4) is 0 Å². The van der Waals surface area contributed by atoms with Crippen molar-refractivity contribution in [2.24, 2.45) is 5.92 Å². The Kier molecular flexibility index (Phi) is 6.59. The van der Waals surface area contributed by atoms with Gasteiger partial charge in [-0.2, -0.15) is 5.10 Å². The van der Waals surface area contributed by atoms with Crippen LogP contribution in [-0.4, -0.2) is 26.8 Å². The Hall–Kier alpha value is -2.70. The maximum absolute atomic E-state index is 13.2. The zero-order valence-electron chi connectivity index (χ0n) is 17.0. The van der Waals surface area contributed by atoms with E-state index in [1.54, 1.807) is 0 Å². The Morgan fingerprint density at radius 1 is 1.25 bits per heavy atom. The number of aromatic nitrogens is 2. The summed E-state index contributed by atoms with van der Waals surface area (Å²) in [5.41, 5.74) is 1.60. The Labute approximate surface area is 164 Å². The summed E-state index contributed by atoms with van der Waals surface area (Å²) in [6.07, 6.45) is 0.611. The number of aliphatic carboxylic acids is 1. The van der Waals surface area contributed by atoms with E-state index in [1.165, 1.54) is 31.2 Å². The van der Waals surface area contributed by atoms with Gasteiger partial charge in [0.2, 0.25) is 5.91 Å². The molecule has 152 valence electrons. The minimum Gasteiger partial charge on any atom is -0.479 e. The number of halogens is 1. The van der Waals surface area contributed by atoms with Gasteiger partial charge in [-0.1, -0.05) is 26.0 Å². The molecule has 0 radical (unpaired) electrons. The summed E-state index contributed by atoms with van der Waals surface area (Å²) in [6, 6.07) is 5.10. The van der Waals surface area contributed by atoms with E-state index in [0.29, 0.717) is 17.9 Å². The van der Waals surface area contributed by atoms with Crippen LogP contribution >= 0.6 is 0 Å². The van der Waals surface area contributed by atoms with E-state index in [1.807, 2.05) is 18.5 Å². The van der Waals surface area contributed by atoms with E-state index >= 15 is 0 Å². The lowest BCUT2D eigenvalue weighted by Crippen LogP contribution is -2.49. The van der Waals surface area contributed by atoms with Gasteiger partial charge in [0.1, 0.15) is 5.82 Å². The van der Waals surface area contributed by atoms with Gasteiger partial charge in [-0.05, 0) is 56.4 Å². The number of benzene rings is 1. The highest BCUT2D eigenvalue weighted by Crippen LogP contribution is 2.22. The van der Waals surface area contributed by atoms with Crippen LogP contribution < -0.4 is 5.32 Å². The predicted octanol–water partition coefficient (Wildman–Crippen LogP) is 3.34. The normalized spacial score (nSPS) is 13.4. The number of hydrogen-bond acceptors (Lipinski definition) is 3. The van der Waals surface area contributed by atoms with Gasteiger partial charge in [0, 0.05) is 18.7 Å². The van der Waals surface area contributed by atoms with Crippen LogP contribution in [0.5, 0.6) is 0 Å². The summed E-state index contributed by atoms with van der Waals surface area (Å²) in [5, 5.41) is 16.8. The van der Waals surface area contributed by atoms with Crippen LogP contribution in [0.1, 0.15) is 49.7 Å². The standard InChI is InChI=1S/C21H28FN3O3/c1-13(2)12-25-15(4)18(14(3)24-25)10-11-19(26)23-21(5,20(27)28)16-6-8-17(22)9-7-16/h6-9,13H,10-12H2,1-5H3,(H,23,26)(H,27,28). The lowest BCUT2D eigenvalue weighted by atomic mass is 9.91. The number of rotatable bonds is 8. The molecule has 0 saturated carbocycles. The number of hydrogen-bond donors (Lipinski definition) is 2. The fraction of sp³-hybridized carbons (Fsp3) is 0.476. The molecule has 1 aromatic carbocycles. The SMILES string of the molecule is Cc1nn(CC(C)C)c(C)c1CCC(=O)NC(C)(C(=O)O)c1ccc(F)cc1. The van der Waals surface area contributed by atoms with Crippen LogP contribution in [0.2, 0.25) is 0 Å². The van der Waals surface area contributed by atoms with E-state index in [0.717, 1.165) is 23.5 Å². The van der Waals surface area contributed by atoms with Crippen molar-refractivity contribution in [3.8, 4) is 0 Å². The molecule has 0 bridgehead atoms. The third-order valence-electron chi connectivity index (χ3n) is 4.91. The van der Waals surface area contributed by atoms with Crippen molar-refractivity contribution in [2.75, 3.05) is 0 Å². The average molecular weight is 389 g/mol. The molecule has 0 saturated heterocycles. The number of nitrogens with zero attached hydrogens (tertiary/aromatic N) is 2. The Balaban J connectivity index is 2.11. The molecule has 1 heterocycles. The van der Waals surface area contributed by atoms with Crippen molar-refractivity contribution in [3.63, 3.8) is 0 Å². The molecule has 1 atom stereocenters. The van der Waals surface area contributed by atoms with Gasteiger partial charge in [0.25, 0.3) is 0 Å². The summed E-state index contributed by atoms with van der Waals surface area (Å²) >= 11 is 0. The number of aryl methyl sites for hydroxylation is 1. The fourth-order valence-corrected chi connectivity index (χ4v) is 3.23. The molecule has 7 heteroatoms. The van der Waals surface area contributed by atoms with Crippen LogP contribution in [0.4, 0.5) is 4.39 Å². The molecule has 0 aliphatic heterocycles. The minimum absolute atomic E-state index is 0.138. The van der Waals surface area contributed by atoms with E-state index < -0.39 is 17.3 Å². The number of amides is 1. The quantitative estimate of drug-likeness (QED) is 0.725. The van der Waals surface area contributed by atoms with Gasteiger partial charge in [0.15, 0.2) is 5.54 Å². The summed E-state index contributed by atoms with van der Waals surface area (Å²) in [7, 11) is 0. The van der Waals surface area contributed by atoms with E-state index in [9.17, 15) is 19.1 Å². The van der Waals surface area contributed by atoms with Gasteiger partial charge in [0.05, 0.1) is 5.69 Å². The fourth-order valence-electron chi connectivity index (χ4n) is 3.23. The maximum Gasteiger partial charge on any atom is 0.333 e. The maximum atomic E-state index is 13.2. The first-order valence-electron chi connectivity index (χ1n) is 9.38. The first-order chi connectivity index (χ1) is 13.0. The Morgan fingerprint density at radius 2 is 1.86 bits per heavy atom. The lowest BCUT2D eigenvalue weighted by molar-refractivity contribution is -0.147. The second kappa shape index (κ2) is 8.54. The molecule has 6 nitrogen and oxygen atoms in total. The Bertz CT molecular complexity index is 859. The van der Waals surface area contributed by atoms with Crippen molar-refractivity contribution < 1.29 is 19.1 Å². The van der Waals surface area contributed by atoms with Crippen LogP contribution in [-0.2, 0) is 28.1 Å². The zero-order valence-corrected chi connectivity index (χ0v) is 17.0. The second-order valence-electron chi connectivity index (χ2n) is 7.71. The monoisotopic (exact) mass is 389 g/mol. The number of carboxylic acid groups (broad SMARTS) is 1. The van der Waals surface area contributed by atoms with Gasteiger partial charge in [-0.3, -0.25) is 9.48 Å². The van der Waals surface area contributed by atoms with Crippen molar-refractivity contribution in [1.82, 2.24) is 15.1 Å². The zero-order chi connectivity index (χ0) is 21.1. The van der Waals surface area contributed by atoms with Crippen LogP contribution in [0, 0.1) is 25.6 Å². The molecule has 1 amide bonds. The summed E-state index contributed by atoms with van der Waals surface area (Å²) in [5.74, 6) is -1.59. The van der Waals surface area contributed by atoms with Crippen molar-refractivity contribution in [2.45, 2.75) is 59.5 Å². The topological polar surface area (TPSA) is 84.2 Å². The molecule has 2 N–H and O–H groups in total. The first-order valence-corrected chi connectivity index (χ1v) is 9.38. The van der Waals surface area contributed by atoms with E-state index in [2.05, 4.69) is 24.3 Å². The predicted molar refractivity (Wildman–Crippen MR) is 104 cm³/mol. The molecule has 1 aromatic heterocycles. The van der Waals surface area contributed by atoms with Crippen molar-refractivity contribution >= 4 is 11.9 Å². The third kappa shape index (κ3) is 4.77. The summed E-state index contributed by atoms with van der Waals surface area (Å²) < 4.78 is 15.1. The van der Waals surface area contributed by atoms with E-state index in [4.69, 9.17) is 0 Å². The molecule has 0 aliphatic carbocycles. The van der Waals surface area contributed by atoms with Crippen molar-refractivity contribution in [1.29, 1.82) is 0 Å². The summed E-state index contributed by atoms with van der Waals surface area (Å²) in [6.45, 7) is 10.3. The second-order valence-corrected chi connectivity index (χ2v) is 7.71. The van der Waals surface area contributed by atoms with E-state index in [-0.39, 0.29) is 12.3 Å². The van der Waals surface area contributed by atoms with Crippen LogP contribution in [0.25, 0.3) is 0 Å². The number of carbonyl (C=O) groups is 2. The van der Waals surface area contributed by atoms with Gasteiger partial charge < -0.3 is 10.4 Å². The molecule has 2 aromatic rings. The van der Waals surface area contributed by atoms with Crippen molar-refractivity contribution in [3.05, 3.63) is 52.6 Å². The Morgan fingerprint density at radius 3 is 2.39 bits per heavy atom. The van der Waals surface area contributed by atoms with Gasteiger partial charge in [-0.25, -0.2) is 9.18 Å². The molecular formula is C21H28FN3O3. The molecule has 0 fully saturated rings. The first kappa shape index (κ1) is 21.6. The average Bonchev–Trinajstić information content (AvgIpc) is 2.86. The molecule has 1 unspecified atom stereocenters. The largest absolute Gasteiger partial charge is 0.479 e. The third-order valence-corrected chi connectivity index (χ3v) is 4.91. The lowest BCUT2D eigenvalue weighted by Gasteiger charge is -2.27. The highest BCUT2D eigenvalue weighted by molar-refractivity contribution is 5.87. The molecule has 0 spiro atoms. The highest BCUT2D eigenvalue weighted by atomic mass is 19.1.